The van der Waals surface area contributed by atoms with Crippen LogP contribution in [0.5, 0.6) is 0 Å². The molecule has 1 fully saturated rings. The molecule has 112 valence electrons. The highest BCUT2D eigenvalue weighted by molar-refractivity contribution is 7.89. The van der Waals surface area contributed by atoms with Gasteiger partial charge in [0.05, 0.1) is 5.69 Å². The summed E-state index contributed by atoms with van der Waals surface area (Å²) in [6.45, 7) is 0.855. The van der Waals surface area contributed by atoms with Crippen LogP contribution in [0.1, 0.15) is 12.8 Å². The maximum atomic E-state index is 13.5. The molecule has 1 aliphatic heterocycles. The molecule has 1 atom stereocenters. The molecule has 0 saturated carbocycles. The molecule has 7 heteroatoms. The summed E-state index contributed by atoms with van der Waals surface area (Å²) in [6, 6.07) is 4.06. The summed E-state index contributed by atoms with van der Waals surface area (Å²) >= 11 is 0. The van der Waals surface area contributed by atoms with Crippen LogP contribution in [0.4, 0.5) is 10.1 Å². The van der Waals surface area contributed by atoms with Crippen LogP contribution in [0.15, 0.2) is 23.1 Å². The van der Waals surface area contributed by atoms with E-state index in [0.717, 1.165) is 18.9 Å². The largest absolute Gasteiger partial charge is 0.395 e. The van der Waals surface area contributed by atoms with Crippen LogP contribution in [0.2, 0.25) is 0 Å². The van der Waals surface area contributed by atoms with Crippen molar-refractivity contribution in [2.24, 2.45) is 0 Å². The Bertz CT molecular complexity index is 589. The van der Waals surface area contributed by atoms with Gasteiger partial charge in [0.1, 0.15) is 10.7 Å². The molecule has 0 aromatic heterocycles. The van der Waals surface area contributed by atoms with Crippen molar-refractivity contribution in [2.45, 2.75) is 23.8 Å². The fourth-order valence-corrected chi connectivity index (χ4v) is 4.08. The van der Waals surface area contributed by atoms with Gasteiger partial charge in [-0.15, -0.1) is 0 Å². The highest BCUT2D eigenvalue weighted by atomic mass is 32.2. The molecule has 1 unspecified atom stereocenters. The van der Waals surface area contributed by atoms with E-state index in [4.69, 9.17) is 5.73 Å². The van der Waals surface area contributed by atoms with Crippen LogP contribution in [-0.4, -0.2) is 50.8 Å². The number of halogens is 1. The van der Waals surface area contributed by atoms with Crippen molar-refractivity contribution in [3.05, 3.63) is 24.0 Å². The quantitative estimate of drug-likeness (QED) is 0.850. The standard InChI is InChI=1S/C13H20FN3O2S/c1-16(2)10-5-4-8-17(9-10)20(18,19)12-7-3-6-11(14)13(12)15/h3,6-7,10H,4-5,8-9,15H2,1-2H3. The monoisotopic (exact) mass is 301 g/mol. The lowest BCUT2D eigenvalue weighted by Gasteiger charge is -2.35. The minimum absolute atomic E-state index is 0.142. The molecule has 0 aliphatic carbocycles. The second kappa shape index (κ2) is 5.67. The normalized spacial score (nSPS) is 21.3. The summed E-state index contributed by atoms with van der Waals surface area (Å²) in [5.74, 6) is -0.702. The predicted octanol–water partition coefficient (Wildman–Crippen LogP) is 1.12. The number of hydrogen-bond donors (Lipinski definition) is 1. The third-order valence-electron chi connectivity index (χ3n) is 3.72. The van der Waals surface area contributed by atoms with Gasteiger partial charge in [-0.1, -0.05) is 6.07 Å². The summed E-state index contributed by atoms with van der Waals surface area (Å²) in [5, 5.41) is 0. The summed E-state index contributed by atoms with van der Waals surface area (Å²) in [7, 11) is 0.116. The second-order valence-electron chi connectivity index (χ2n) is 5.27. The van der Waals surface area contributed by atoms with Crippen molar-refractivity contribution < 1.29 is 12.8 Å². The number of hydrogen-bond acceptors (Lipinski definition) is 4. The first-order chi connectivity index (χ1) is 9.34. The van der Waals surface area contributed by atoms with E-state index < -0.39 is 15.8 Å². The summed E-state index contributed by atoms with van der Waals surface area (Å²) < 4.78 is 40.0. The molecule has 0 amide bonds. The van der Waals surface area contributed by atoms with Gasteiger partial charge in [-0.05, 0) is 39.1 Å². The van der Waals surface area contributed by atoms with Gasteiger partial charge in [0, 0.05) is 19.1 Å². The van der Waals surface area contributed by atoms with Crippen LogP contribution in [-0.2, 0) is 10.0 Å². The number of anilines is 1. The van der Waals surface area contributed by atoms with E-state index >= 15 is 0 Å². The molecular weight excluding hydrogens is 281 g/mol. The first-order valence-electron chi connectivity index (χ1n) is 6.54. The number of nitrogens with two attached hydrogens (primary N) is 1. The number of piperidine rings is 1. The Morgan fingerprint density at radius 1 is 1.40 bits per heavy atom. The number of likely N-dealkylation sites (N-methyl/N-ethyl adjacent to an activating group) is 1. The number of rotatable bonds is 3. The van der Waals surface area contributed by atoms with E-state index in [0.29, 0.717) is 13.1 Å². The fraction of sp³-hybridized carbons (Fsp3) is 0.538. The lowest BCUT2D eigenvalue weighted by molar-refractivity contribution is 0.190. The van der Waals surface area contributed by atoms with Crippen molar-refractivity contribution in [1.29, 1.82) is 0 Å². The third kappa shape index (κ3) is 2.79. The van der Waals surface area contributed by atoms with Crippen molar-refractivity contribution in [2.75, 3.05) is 32.9 Å². The van der Waals surface area contributed by atoms with Gasteiger partial charge in [0.2, 0.25) is 10.0 Å². The van der Waals surface area contributed by atoms with Crippen LogP contribution >= 0.6 is 0 Å². The van der Waals surface area contributed by atoms with Crippen molar-refractivity contribution in [1.82, 2.24) is 9.21 Å². The smallest absolute Gasteiger partial charge is 0.245 e. The maximum Gasteiger partial charge on any atom is 0.245 e. The highest BCUT2D eigenvalue weighted by Crippen LogP contribution is 2.27. The summed E-state index contributed by atoms with van der Waals surface area (Å²) in [4.78, 5) is 1.87. The van der Waals surface area contributed by atoms with Gasteiger partial charge < -0.3 is 10.6 Å². The van der Waals surface area contributed by atoms with E-state index in [1.165, 1.54) is 16.4 Å². The summed E-state index contributed by atoms with van der Waals surface area (Å²) in [5.41, 5.74) is 5.27. The van der Waals surface area contributed by atoms with Gasteiger partial charge >= 0.3 is 0 Å². The Labute approximate surface area is 119 Å². The van der Waals surface area contributed by atoms with E-state index in [1.807, 2.05) is 19.0 Å². The number of nitrogen functional groups attached to an aromatic ring is 1. The molecule has 2 rings (SSSR count). The van der Waals surface area contributed by atoms with Crippen LogP contribution in [0.3, 0.4) is 0 Å². The first-order valence-corrected chi connectivity index (χ1v) is 7.98. The van der Waals surface area contributed by atoms with E-state index in [2.05, 4.69) is 0 Å². The molecule has 2 N–H and O–H groups in total. The SMILES string of the molecule is CN(C)C1CCCN(S(=O)(=O)c2cccc(F)c2N)C1. The average molecular weight is 301 g/mol. The molecular formula is C13H20FN3O2S. The zero-order valence-electron chi connectivity index (χ0n) is 11.7. The van der Waals surface area contributed by atoms with E-state index in [1.54, 1.807) is 0 Å². The average Bonchev–Trinajstić information content (AvgIpc) is 2.41. The van der Waals surface area contributed by atoms with Gasteiger partial charge in [-0.2, -0.15) is 4.31 Å². The van der Waals surface area contributed by atoms with Crippen molar-refractivity contribution in [3.63, 3.8) is 0 Å². The lowest BCUT2D eigenvalue weighted by atomic mass is 10.1. The lowest BCUT2D eigenvalue weighted by Crippen LogP contribution is -2.47. The van der Waals surface area contributed by atoms with Gasteiger partial charge in [-0.25, -0.2) is 12.8 Å². The summed E-state index contributed by atoms with van der Waals surface area (Å²) in [6.07, 6.45) is 1.74. The molecule has 1 aromatic carbocycles. The Morgan fingerprint density at radius 3 is 2.75 bits per heavy atom. The molecule has 0 bridgehead atoms. The number of sulfonamides is 1. The molecule has 0 radical (unpaired) electrons. The molecule has 1 aliphatic rings. The van der Waals surface area contributed by atoms with Gasteiger partial charge in [-0.3, -0.25) is 0 Å². The molecule has 0 spiro atoms. The molecule has 1 heterocycles. The van der Waals surface area contributed by atoms with Gasteiger partial charge in [0.15, 0.2) is 0 Å². The number of benzene rings is 1. The maximum absolute atomic E-state index is 13.5. The van der Waals surface area contributed by atoms with Crippen LogP contribution in [0.25, 0.3) is 0 Å². The molecule has 5 nitrogen and oxygen atoms in total. The number of nitrogens with zero attached hydrogens (tertiary/aromatic N) is 2. The minimum Gasteiger partial charge on any atom is -0.395 e. The second-order valence-corrected chi connectivity index (χ2v) is 7.18. The van der Waals surface area contributed by atoms with Crippen LogP contribution < -0.4 is 5.73 Å². The van der Waals surface area contributed by atoms with Crippen LogP contribution in [0, 0.1) is 5.82 Å². The fourth-order valence-electron chi connectivity index (χ4n) is 2.44. The van der Waals surface area contributed by atoms with Crippen molar-refractivity contribution in [3.8, 4) is 0 Å². The Balaban J connectivity index is 2.33. The topological polar surface area (TPSA) is 66.6 Å². The molecule has 1 saturated heterocycles. The number of para-hydroxylation sites is 1. The highest BCUT2D eigenvalue weighted by Gasteiger charge is 2.32. The zero-order valence-corrected chi connectivity index (χ0v) is 12.5. The van der Waals surface area contributed by atoms with E-state index in [-0.39, 0.29) is 16.6 Å². The predicted molar refractivity (Wildman–Crippen MR) is 76.3 cm³/mol. The Hall–Kier alpha value is -1.18. The molecule has 1 aromatic rings. The zero-order chi connectivity index (χ0) is 14.9. The Kier molecular flexibility index (Phi) is 4.31. The Morgan fingerprint density at radius 2 is 2.10 bits per heavy atom. The van der Waals surface area contributed by atoms with E-state index in [9.17, 15) is 12.8 Å². The minimum atomic E-state index is -3.74. The van der Waals surface area contributed by atoms with Gasteiger partial charge in [0.25, 0.3) is 0 Å². The van der Waals surface area contributed by atoms with Crippen molar-refractivity contribution >= 4 is 15.7 Å². The first kappa shape index (κ1) is 15.2. The molecule has 20 heavy (non-hydrogen) atoms. The third-order valence-corrected chi connectivity index (χ3v) is 5.64.